The Balaban J connectivity index is 1.57. The quantitative estimate of drug-likeness (QED) is 0.274. The van der Waals surface area contributed by atoms with Crippen LogP contribution in [-0.2, 0) is 33.3 Å². The molecule has 0 spiro atoms. The Hall–Kier alpha value is -1.81. The highest BCUT2D eigenvalue weighted by Crippen LogP contribution is 2.82. The number of rotatable bonds is 8. The Labute approximate surface area is 224 Å². The van der Waals surface area contributed by atoms with Gasteiger partial charge in [-0.15, -0.1) is 0 Å². The van der Waals surface area contributed by atoms with Crippen LogP contribution in [0.4, 0.5) is 0 Å². The van der Waals surface area contributed by atoms with Crippen LogP contribution in [0.15, 0.2) is 11.6 Å². The molecule has 1 heterocycles. The summed E-state index contributed by atoms with van der Waals surface area (Å²) in [6.45, 7) is 9.21. The van der Waals surface area contributed by atoms with Crippen molar-refractivity contribution >= 4 is 18.2 Å². The first-order valence-corrected chi connectivity index (χ1v) is 14.0. The van der Waals surface area contributed by atoms with Crippen LogP contribution in [-0.4, -0.2) is 72.9 Å². The molecule has 0 unspecified atom stereocenters. The summed E-state index contributed by atoms with van der Waals surface area (Å²) in [5.41, 5.74) is -2.40. The molecular weight excluding hydrogens is 492 g/mol. The molecule has 12 atom stereocenters. The Kier molecular flexibility index (Phi) is 6.86. The number of aldehydes is 1. The van der Waals surface area contributed by atoms with Crippen molar-refractivity contribution in [1.82, 2.24) is 0 Å². The van der Waals surface area contributed by atoms with E-state index in [1.807, 2.05) is 13.8 Å². The summed E-state index contributed by atoms with van der Waals surface area (Å²) < 4.78 is 23.3. The van der Waals surface area contributed by atoms with Crippen LogP contribution >= 0.6 is 0 Å². The van der Waals surface area contributed by atoms with Crippen LogP contribution in [0.1, 0.15) is 60.3 Å². The SMILES string of the molecule is CO[C@H]1[C@@H](O)[C@H](OC(C)=O)[C@@H](OC[C@]23C[C@@H]4[C@H](C)CC[C@H]4[C@]4(C=O)C[C@H]2C=C(C(C)C)[C@]34C(=O)O)O[C@@H]1C. The number of carboxylic acid groups (broad SMARTS) is 1. The molecule has 212 valence electrons. The number of hydrogen-bond donors (Lipinski definition) is 2. The number of carbonyl (C=O) groups excluding carboxylic acids is 2. The van der Waals surface area contributed by atoms with Crippen molar-refractivity contribution in [2.45, 2.75) is 91.0 Å². The maximum Gasteiger partial charge on any atom is 0.315 e. The molecule has 0 amide bonds. The maximum atomic E-state index is 13.6. The van der Waals surface area contributed by atoms with Gasteiger partial charge >= 0.3 is 11.9 Å². The molecule has 1 saturated heterocycles. The lowest BCUT2D eigenvalue weighted by Crippen LogP contribution is -2.64. The van der Waals surface area contributed by atoms with Crippen LogP contribution in [0.25, 0.3) is 0 Å². The normalized spacial score (nSPS) is 49.1. The van der Waals surface area contributed by atoms with Gasteiger partial charge in [-0.1, -0.05) is 38.8 Å². The molecular formula is C29H42O9. The fourth-order valence-electron chi connectivity index (χ4n) is 9.64. The highest BCUT2D eigenvalue weighted by molar-refractivity contribution is 5.90. The van der Waals surface area contributed by atoms with E-state index in [0.29, 0.717) is 18.8 Å². The second kappa shape index (κ2) is 9.39. The van der Waals surface area contributed by atoms with E-state index in [1.165, 1.54) is 14.0 Å². The fraction of sp³-hybridized carbons (Fsp3) is 0.828. The summed E-state index contributed by atoms with van der Waals surface area (Å²) in [6, 6.07) is 0. The van der Waals surface area contributed by atoms with E-state index >= 15 is 0 Å². The van der Waals surface area contributed by atoms with Gasteiger partial charge in [0, 0.05) is 19.4 Å². The third-order valence-electron chi connectivity index (χ3n) is 11.0. The van der Waals surface area contributed by atoms with Crippen molar-refractivity contribution in [2.24, 2.45) is 45.8 Å². The lowest BCUT2D eigenvalue weighted by Gasteiger charge is -2.58. The number of aliphatic carboxylic acids is 1. The van der Waals surface area contributed by atoms with E-state index < -0.39 is 58.9 Å². The molecule has 4 bridgehead atoms. The lowest BCUT2D eigenvalue weighted by atomic mass is 9.43. The summed E-state index contributed by atoms with van der Waals surface area (Å²) in [7, 11) is 1.45. The van der Waals surface area contributed by atoms with E-state index in [9.17, 15) is 24.6 Å². The standard InChI is InChI=1S/C29H42O9/c1-14(2)21-9-18-10-27(12-30)20-8-7-15(3)19(20)11-28(18,29(21,27)26(33)34)13-36-25-24(38-17(5)31)22(32)23(35-6)16(4)37-25/h9,12,14-16,18-20,22-25,32H,7-8,10-11,13H2,1-6H3,(H,33,34)/t15-,16-,18-,19-,20-,22-,23-,24+,25+,27-,28-,29-/m1/s1. The zero-order valence-electron chi connectivity index (χ0n) is 23.2. The zero-order chi connectivity index (χ0) is 27.8. The first kappa shape index (κ1) is 27.7. The van der Waals surface area contributed by atoms with E-state index in [0.717, 1.165) is 24.7 Å². The molecule has 4 aliphatic carbocycles. The van der Waals surface area contributed by atoms with E-state index in [4.69, 9.17) is 18.9 Å². The monoisotopic (exact) mass is 534 g/mol. The van der Waals surface area contributed by atoms with Gasteiger partial charge in [0.2, 0.25) is 0 Å². The van der Waals surface area contributed by atoms with Gasteiger partial charge in [0.05, 0.1) is 18.1 Å². The molecule has 5 aliphatic rings. The molecule has 0 aromatic rings. The smallest absolute Gasteiger partial charge is 0.315 e. The van der Waals surface area contributed by atoms with Gasteiger partial charge in [-0.25, -0.2) is 0 Å². The number of aliphatic hydroxyl groups excluding tert-OH is 1. The van der Waals surface area contributed by atoms with Crippen molar-refractivity contribution in [2.75, 3.05) is 13.7 Å². The zero-order valence-corrected chi connectivity index (χ0v) is 23.2. The molecule has 3 saturated carbocycles. The van der Waals surface area contributed by atoms with E-state index in [2.05, 4.69) is 13.0 Å². The molecule has 38 heavy (non-hydrogen) atoms. The van der Waals surface area contributed by atoms with Crippen molar-refractivity contribution in [1.29, 1.82) is 0 Å². The van der Waals surface area contributed by atoms with Crippen molar-refractivity contribution in [3.05, 3.63) is 11.6 Å². The third kappa shape index (κ3) is 3.34. The minimum atomic E-state index is -1.38. The first-order valence-electron chi connectivity index (χ1n) is 14.0. The minimum absolute atomic E-state index is 0.0156. The first-order chi connectivity index (χ1) is 17.9. The maximum absolute atomic E-state index is 13.6. The van der Waals surface area contributed by atoms with Crippen LogP contribution in [0.5, 0.6) is 0 Å². The highest BCUT2D eigenvalue weighted by atomic mass is 16.7. The molecule has 2 N–H and O–H groups in total. The number of esters is 1. The van der Waals surface area contributed by atoms with Crippen LogP contribution in [0, 0.1) is 45.8 Å². The second-order valence-electron chi connectivity index (χ2n) is 12.8. The average Bonchev–Trinajstić information content (AvgIpc) is 3.42. The van der Waals surface area contributed by atoms with E-state index in [-0.39, 0.29) is 30.3 Å². The number of hydrogen-bond acceptors (Lipinski definition) is 8. The molecule has 5 rings (SSSR count). The Morgan fingerprint density at radius 1 is 1.21 bits per heavy atom. The molecule has 0 aromatic carbocycles. The topological polar surface area (TPSA) is 129 Å². The van der Waals surface area contributed by atoms with Gasteiger partial charge in [0.25, 0.3) is 0 Å². The number of allylic oxidation sites excluding steroid dienone is 1. The van der Waals surface area contributed by atoms with Crippen molar-refractivity contribution in [3.63, 3.8) is 0 Å². The predicted molar refractivity (Wildman–Crippen MR) is 135 cm³/mol. The summed E-state index contributed by atoms with van der Waals surface area (Å²) in [4.78, 5) is 38.7. The molecule has 0 aromatic heterocycles. The van der Waals surface area contributed by atoms with Gasteiger partial charge in [-0.3, -0.25) is 9.59 Å². The minimum Gasteiger partial charge on any atom is -0.481 e. The van der Waals surface area contributed by atoms with Gasteiger partial charge in [0.1, 0.15) is 23.9 Å². The summed E-state index contributed by atoms with van der Waals surface area (Å²) in [5.74, 6) is -1.11. The lowest BCUT2D eigenvalue weighted by molar-refractivity contribution is -0.309. The number of methoxy groups -OCH3 is 1. The number of aliphatic hydroxyl groups is 1. The number of ether oxygens (including phenoxy) is 4. The van der Waals surface area contributed by atoms with E-state index in [1.54, 1.807) is 6.92 Å². The molecule has 9 heteroatoms. The van der Waals surface area contributed by atoms with Gasteiger partial charge in [0.15, 0.2) is 12.4 Å². The summed E-state index contributed by atoms with van der Waals surface area (Å²) >= 11 is 0. The average molecular weight is 535 g/mol. The Morgan fingerprint density at radius 2 is 1.92 bits per heavy atom. The van der Waals surface area contributed by atoms with Crippen molar-refractivity contribution in [3.8, 4) is 0 Å². The summed E-state index contributed by atoms with van der Waals surface area (Å²) in [6.07, 6.45) is 1.35. The second-order valence-corrected chi connectivity index (χ2v) is 12.8. The molecule has 1 aliphatic heterocycles. The number of carboxylic acids is 1. The van der Waals surface area contributed by atoms with Gasteiger partial charge in [-0.05, 0) is 55.8 Å². The predicted octanol–water partition coefficient (Wildman–Crippen LogP) is 2.98. The van der Waals surface area contributed by atoms with Crippen LogP contribution in [0.2, 0.25) is 0 Å². The van der Waals surface area contributed by atoms with Gasteiger partial charge in [-0.2, -0.15) is 0 Å². The highest BCUT2D eigenvalue weighted by Gasteiger charge is 2.84. The number of fused-ring (bicyclic) bond motifs is 2. The Bertz CT molecular complexity index is 1020. The van der Waals surface area contributed by atoms with Gasteiger partial charge < -0.3 is 34.0 Å². The fourth-order valence-corrected chi connectivity index (χ4v) is 9.64. The third-order valence-corrected chi connectivity index (χ3v) is 11.0. The summed E-state index contributed by atoms with van der Waals surface area (Å²) in [5, 5.41) is 22.1. The molecule has 0 radical (unpaired) electrons. The molecule has 9 nitrogen and oxygen atoms in total. The van der Waals surface area contributed by atoms with Crippen LogP contribution in [0.3, 0.4) is 0 Å². The Morgan fingerprint density at radius 3 is 2.50 bits per heavy atom. The van der Waals surface area contributed by atoms with Crippen LogP contribution < -0.4 is 0 Å². The molecule has 4 fully saturated rings. The number of carbonyl (C=O) groups is 3. The van der Waals surface area contributed by atoms with Crippen molar-refractivity contribution < 1.29 is 43.5 Å². The largest absolute Gasteiger partial charge is 0.481 e.